The standard InChI is InChI=1S/C18H30O2/c1-14-12-15(18(5,6)13-17(2,3)4)8-9-16(14)20-11-10-19-7/h8-9,12H,10-11,13H2,1-7H3. The van der Waals surface area contributed by atoms with Crippen molar-refractivity contribution in [1.29, 1.82) is 0 Å². The van der Waals surface area contributed by atoms with Crippen molar-refractivity contribution in [3.8, 4) is 5.75 Å². The molecule has 0 bridgehead atoms. The highest BCUT2D eigenvalue weighted by Gasteiger charge is 2.27. The molecule has 0 aliphatic rings. The van der Waals surface area contributed by atoms with Crippen molar-refractivity contribution in [3.63, 3.8) is 0 Å². The quantitative estimate of drug-likeness (QED) is 0.700. The van der Waals surface area contributed by atoms with Crippen molar-refractivity contribution < 1.29 is 9.47 Å². The first kappa shape index (κ1) is 17.0. The molecule has 2 nitrogen and oxygen atoms in total. The monoisotopic (exact) mass is 278 g/mol. The molecule has 0 aromatic heterocycles. The van der Waals surface area contributed by atoms with Crippen molar-refractivity contribution in [3.05, 3.63) is 29.3 Å². The molecule has 0 fully saturated rings. The lowest BCUT2D eigenvalue weighted by molar-refractivity contribution is 0.146. The number of methoxy groups -OCH3 is 1. The van der Waals surface area contributed by atoms with E-state index in [-0.39, 0.29) is 5.41 Å². The van der Waals surface area contributed by atoms with Crippen LogP contribution < -0.4 is 4.74 Å². The molecule has 20 heavy (non-hydrogen) atoms. The van der Waals surface area contributed by atoms with Gasteiger partial charge in [-0.15, -0.1) is 0 Å². The van der Waals surface area contributed by atoms with Crippen molar-refractivity contribution in [2.45, 2.75) is 53.4 Å². The topological polar surface area (TPSA) is 18.5 Å². The van der Waals surface area contributed by atoms with Gasteiger partial charge < -0.3 is 9.47 Å². The average molecular weight is 278 g/mol. The molecule has 0 radical (unpaired) electrons. The van der Waals surface area contributed by atoms with Crippen LogP contribution in [0.5, 0.6) is 5.75 Å². The van der Waals surface area contributed by atoms with Gasteiger partial charge in [0.2, 0.25) is 0 Å². The largest absolute Gasteiger partial charge is 0.491 e. The summed E-state index contributed by atoms with van der Waals surface area (Å²) in [5, 5.41) is 0. The fraction of sp³-hybridized carbons (Fsp3) is 0.667. The smallest absolute Gasteiger partial charge is 0.122 e. The van der Waals surface area contributed by atoms with Crippen LogP contribution in [-0.2, 0) is 10.2 Å². The third-order valence-corrected chi connectivity index (χ3v) is 3.47. The zero-order valence-electron chi connectivity index (χ0n) is 14.2. The molecule has 0 spiro atoms. The molecule has 114 valence electrons. The molecule has 0 atom stereocenters. The minimum absolute atomic E-state index is 0.175. The first-order chi connectivity index (χ1) is 9.15. The Morgan fingerprint density at radius 3 is 2.15 bits per heavy atom. The molecule has 0 saturated heterocycles. The zero-order chi connectivity index (χ0) is 15.4. The molecular formula is C18H30O2. The molecule has 1 aromatic carbocycles. The fourth-order valence-corrected chi connectivity index (χ4v) is 2.90. The minimum atomic E-state index is 0.175. The van der Waals surface area contributed by atoms with Crippen LogP contribution in [0.15, 0.2) is 18.2 Å². The van der Waals surface area contributed by atoms with Gasteiger partial charge in [0.05, 0.1) is 6.61 Å². The van der Waals surface area contributed by atoms with E-state index in [4.69, 9.17) is 9.47 Å². The summed E-state index contributed by atoms with van der Waals surface area (Å²) in [4.78, 5) is 0. The predicted octanol–water partition coefficient (Wildman–Crippen LogP) is 4.73. The molecule has 0 N–H and O–H groups in total. The summed E-state index contributed by atoms with van der Waals surface area (Å²) >= 11 is 0. The van der Waals surface area contributed by atoms with Crippen LogP contribution in [0.1, 0.15) is 52.2 Å². The predicted molar refractivity (Wildman–Crippen MR) is 85.6 cm³/mol. The normalized spacial score (nSPS) is 12.6. The van der Waals surface area contributed by atoms with E-state index < -0.39 is 0 Å². The second-order valence-corrected chi connectivity index (χ2v) is 7.44. The zero-order valence-corrected chi connectivity index (χ0v) is 14.2. The van der Waals surface area contributed by atoms with Crippen LogP contribution in [-0.4, -0.2) is 20.3 Å². The first-order valence-electron chi connectivity index (χ1n) is 7.38. The van der Waals surface area contributed by atoms with Gasteiger partial charge in [0, 0.05) is 7.11 Å². The Bertz CT molecular complexity index is 428. The van der Waals surface area contributed by atoms with E-state index in [9.17, 15) is 0 Å². The number of rotatable bonds is 6. The van der Waals surface area contributed by atoms with Gasteiger partial charge in [-0.25, -0.2) is 0 Å². The van der Waals surface area contributed by atoms with E-state index in [1.54, 1.807) is 7.11 Å². The molecule has 0 saturated carbocycles. The molecule has 1 rings (SSSR count). The van der Waals surface area contributed by atoms with Crippen LogP contribution in [0, 0.1) is 12.3 Å². The second-order valence-electron chi connectivity index (χ2n) is 7.44. The Morgan fingerprint density at radius 1 is 1.00 bits per heavy atom. The number of ether oxygens (including phenoxy) is 2. The van der Waals surface area contributed by atoms with Crippen molar-refractivity contribution >= 4 is 0 Å². The number of hydrogen-bond donors (Lipinski definition) is 0. The first-order valence-corrected chi connectivity index (χ1v) is 7.38. The third kappa shape index (κ3) is 5.16. The molecule has 1 aromatic rings. The summed E-state index contributed by atoms with van der Waals surface area (Å²) < 4.78 is 10.7. The summed E-state index contributed by atoms with van der Waals surface area (Å²) in [5.74, 6) is 0.956. The molecule has 2 heteroatoms. The van der Waals surface area contributed by atoms with Crippen LogP contribution in [0.4, 0.5) is 0 Å². The summed E-state index contributed by atoms with van der Waals surface area (Å²) in [6.07, 6.45) is 1.16. The van der Waals surface area contributed by atoms with Gasteiger partial charge in [-0.05, 0) is 41.4 Å². The van der Waals surface area contributed by atoms with Gasteiger partial charge >= 0.3 is 0 Å². The highest BCUT2D eigenvalue weighted by molar-refractivity contribution is 5.39. The summed E-state index contributed by atoms with van der Waals surface area (Å²) in [7, 11) is 1.69. The molecule has 0 aliphatic heterocycles. The van der Waals surface area contributed by atoms with E-state index in [2.05, 4.69) is 59.7 Å². The lowest BCUT2D eigenvalue weighted by atomic mass is 9.72. The average Bonchev–Trinajstić information content (AvgIpc) is 2.28. The number of aryl methyl sites for hydroxylation is 1. The van der Waals surface area contributed by atoms with E-state index >= 15 is 0 Å². The summed E-state index contributed by atoms with van der Waals surface area (Å²) in [5.41, 5.74) is 3.07. The maximum Gasteiger partial charge on any atom is 0.122 e. The van der Waals surface area contributed by atoms with E-state index in [0.717, 1.165) is 12.2 Å². The Morgan fingerprint density at radius 2 is 1.65 bits per heavy atom. The van der Waals surface area contributed by atoms with Gasteiger partial charge in [-0.3, -0.25) is 0 Å². The van der Waals surface area contributed by atoms with Gasteiger partial charge in [0.1, 0.15) is 12.4 Å². The lowest BCUT2D eigenvalue weighted by Gasteiger charge is -2.33. The van der Waals surface area contributed by atoms with Crippen LogP contribution in [0.3, 0.4) is 0 Å². The lowest BCUT2D eigenvalue weighted by Crippen LogP contribution is -2.24. The maximum atomic E-state index is 5.72. The molecule has 0 amide bonds. The van der Waals surface area contributed by atoms with Crippen LogP contribution in [0.2, 0.25) is 0 Å². The summed E-state index contributed by atoms with van der Waals surface area (Å²) in [6, 6.07) is 6.54. The third-order valence-electron chi connectivity index (χ3n) is 3.47. The minimum Gasteiger partial charge on any atom is -0.491 e. The van der Waals surface area contributed by atoms with Gasteiger partial charge in [0.25, 0.3) is 0 Å². The highest BCUT2D eigenvalue weighted by Crippen LogP contribution is 2.37. The molecule has 0 aliphatic carbocycles. The van der Waals surface area contributed by atoms with E-state index in [1.807, 2.05) is 0 Å². The summed E-state index contributed by atoms with van der Waals surface area (Å²) in [6.45, 7) is 14.9. The van der Waals surface area contributed by atoms with Crippen molar-refractivity contribution in [2.75, 3.05) is 20.3 Å². The molecular weight excluding hydrogens is 248 g/mol. The highest BCUT2D eigenvalue weighted by atomic mass is 16.5. The Labute approximate surface area is 124 Å². The van der Waals surface area contributed by atoms with Crippen molar-refractivity contribution in [1.82, 2.24) is 0 Å². The van der Waals surface area contributed by atoms with E-state index in [1.165, 1.54) is 11.1 Å². The van der Waals surface area contributed by atoms with E-state index in [0.29, 0.717) is 18.6 Å². The Kier molecular flexibility index (Phi) is 5.64. The SMILES string of the molecule is COCCOc1ccc(C(C)(C)CC(C)(C)C)cc1C. The fourth-order valence-electron chi connectivity index (χ4n) is 2.90. The molecule has 0 heterocycles. The Hall–Kier alpha value is -1.02. The number of benzene rings is 1. The second kappa shape index (κ2) is 6.62. The Balaban J connectivity index is 2.85. The number of hydrogen-bond acceptors (Lipinski definition) is 2. The van der Waals surface area contributed by atoms with Gasteiger partial charge in [-0.1, -0.05) is 46.8 Å². The molecule has 0 unspecified atom stereocenters. The van der Waals surface area contributed by atoms with Crippen LogP contribution in [0.25, 0.3) is 0 Å². The van der Waals surface area contributed by atoms with Crippen molar-refractivity contribution in [2.24, 2.45) is 5.41 Å². The van der Waals surface area contributed by atoms with Gasteiger partial charge in [0.15, 0.2) is 0 Å². The van der Waals surface area contributed by atoms with Crippen LogP contribution >= 0.6 is 0 Å². The van der Waals surface area contributed by atoms with Gasteiger partial charge in [-0.2, -0.15) is 0 Å². The maximum absolute atomic E-state index is 5.72.